The number of aliphatic carboxylic acids is 2. The zero-order valence-corrected chi connectivity index (χ0v) is 68.6. The van der Waals surface area contributed by atoms with E-state index in [1.54, 1.807) is 27.7 Å². The number of hydrogen-bond donors (Lipinski definition) is 10. The first-order valence-corrected chi connectivity index (χ1v) is 40.9. The van der Waals surface area contributed by atoms with Gasteiger partial charge in [0.05, 0.1) is 93.7 Å². The van der Waals surface area contributed by atoms with Gasteiger partial charge in [0.25, 0.3) is 0 Å². The van der Waals surface area contributed by atoms with E-state index in [2.05, 4.69) is 24.3 Å². The second kappa shape index (κ2) is 50.7. The van der Waals surface area contributed by atoms with E-state index in [4.69, 9.17) is 33.9 Å². The molecular weight excluding hydrogens is 1470 g/mol. The van der Waals surface area contributed by atoms with Crippen molar-refractivity contribution in [1.82, 2.24) is 0 Å². The summed E-state index contributed by atoms with van der Waals surface area (Å²) in [4.78, 5) is 123. The third-order valence-electron chi connectivity index (χ3n) is 23.0. The number of esters is 5. The molecule has 26 nitrogen and oxygen atoms in total. The number of Topliss-reactive ketones (excluding diaryl/α,β-unsaturated/α-hetero) is 4. The van der Waals surface area contributed by atoms with Crippen LogP contribution in [-0.4, -0.2) is 192 Å². The van der Waals surface area contributed by atoms with Crippen LogP contribution in [0.15, 0.2) is 78.9 Å². The van der Waals surface area contributed by atoms with E-state index < -0.39 is 72.4 Å². The number of carboxylic acids is 2. The van der Waals surface area contributed by atoms with Gasteiger partial charge in [-0.2, -0.15) is 0 Å². The standard InChI is InChI=1S/C16H22O4.C16H22O3.C14H18O3.3C11H18O4.C9H14O4/c1-2-20-14(18)10-12-8-9-13(17)15(12)16(19)11-6-4-3-5-7-11;1-3-19-15(18)10-13-8-9-14(17)16(13)12-6-4-11(2)5-7-12;1-9-2-4-10(5-3-9)14-11(8-13(16)17)6-7-12(14)15;1-3-15-10(14)6-8-4-5-9(13)11(8)7(2)12;2*1-3-15-11(14)10-8(6-7(2)12)4-5-9(10)13;1-5(10)9-6(4-8(12)13)2-3-7(9)11/h3-7,12-13,15-17,19H,2,8-10H2,1H3;4-7,13-14,16-17H,3,8-10H2,1-2H3;2-5,11-12,14-15H,6-8H2,1H3,(H,16,17);8-9,11,13H,3-6H2,1-2H3;2*8-10,13H,3-6H2,1-2H3;6-7,9,11H,2-4H2,1H3,(H,12,13). The first-order valence-electron chi connectivity index (χ1n) is 40.9. The van der Waals surface area contributed by atoms with Crippen LogP contribution in [0.1, 0.15) is 243 Å². The van der Waals surface area contributed by atoms with Crippen LogP contribution in [0.5, 0.6) is 0 Å². The SMILES string of the molecule is CC(=O)C1C(O)CCC1CC(=O)O.CCOC(=O)C1C(O)CCC1CC(C)=O.CCOC(=O)C1C(O)CCC1CC(C)=O.CCOC(=O)CC1CCC(O)C1C(C)=O.CCOC(=O)CC1CCC(O)C1C(O)c1ccccc1.CCOC(=O)CC1CCC(O)C1c1ccc(C)cc1.Cc1ccc(C2C(O)CCC2CC(=O)O)cc1. The average Bonchev–Trinajstić information content (AvgIpc) is 1.65. The second-order valence-electron chi connectivity index (χ2n) is 31.5. The van der Waals surface area contributed by atoms with Gasteiger partial charge in [0.2, 0.25) is 0 Å². The number of benzene rings is 3. The zero-order chi connectivity index (χ0) is 85.1. The molecule has 22 unspecified atom stereocenters. The quantitative estimate of drug-likeness (QED) is 0.0250. The topological polar surface area (TPSA) is 436 Å². The number of hydrogen-bond acceptors (Lipinski definition) is 24. The van der Waals surface area contributed by atoms with Crippen molar-refractivity contribution >= 4 is 64.9 Å². The normalized spacial score (nSPS) is 29.1. The molecule has 3 aromatic rings. The highest BCUT2D eigenvalue weighted by molar-refractivity contribution is 5.82. The average molecular weight is 1600 g/mol. The van der Waals surface area contributed by atoms with Crippen LogP contribution < -0.4 is 0 Å². The summed E-state index contributed by atoms with van der Waals surface area (Å²) in [5.74, 6) is -5.31. The summed E-state index contributed by atoms with van der Waals surface area (Å²) >= 11 is 0. The lowest BCUT2D eigenvalue weighted by atomic mass is 9.84. The Hall–Kier alpha value is -7.69. The van der Waals surface area contributed by atoms with Crippen LogP contribution in [0.3, 0.4) is 0 Å². The fraction of sp³-hybridized carbons (Fsp3) is 0.670. The van der Waals surface area contributed by atoms with Crippen LogP contribution >= 0.6 is 0 Å². The number of aliphatic hydroxyl groups is 8. The van der Waals surface area contributed by atoms with E-state index in [0.717, 1.165) is 61.6 Å². The van der Waals surface area contributed by atoms with Crippen LogP contribution in [-0.2, 0) is 76.4 Å². The number of aryl methyl sites for hydroxylation is 2. The number of rotatable bonds is 27. The minimum absolute atomic E-state index is 0.0126. The number of carbonyl (C=O) groups is 11. The van der Waals surface area contributed by atoms with Gasteiger partial charge in [-0.3, -0.25) is 43.2 Å². The van der Waals surface area contributed by atoms with E-state index in [1.807, 2.05) is 75.4 Å². The summed E-state index contributed by atoms with van der Waals surface area (Å²) in [5.41, 5.74) is 5.36. The van der Waals surface area contributed by atoms with E-state index >= 15 is 0 Å². The lowest BCUT2D eigenvalue weighted by molar-refractivity contribution is -0.154. The Labute approximate surface area is 671 Å². The molecule has 0 saturated heterocycles. The van der Waals surface area contributed by atoms with Crippen LogP contribution in [0, 0.1) is 84.9 Å². The van der Waals surface area contributed by atoms with Gasteiger partial charge in [0.1, 0.15) is 23.1 Å². The van der Waals surface area contributed by atoms with E-state index in [1.165, 1.54) is 38.8 Å². The summed E-state index contributed by atoms with van der Waals surface area (Å²) in [6.45, 7) is 20.5. The summed E-state index contributed by atoms with van der Waals surface area (Å²) in [5, 5.41) is 96.6. The summed E-state index contributed by atoms with van der Waals surface area (Å²) in [7, 11) is 0. The van der Waals surface area contributed by atoms with Gasteiger partial charge in [-0.25, -0.2) is 0 Å². The van der Waals surface area contributed by atoms with Crippen molar-refractivity contribution in [3.63, 3.8) is 0 Å². The molecule has 7 aliphatic rings. The largest absolute Gasteiger partial charge is 0.481 e. The van der Waals surface area contributed by atoms with Crippen LogP contribution in [0.2, 0.25) is 0 Å². The fourth-order valence-corrected chi connectivity index (χ4v) is 17.8. The molecule has 10 rings (SSSR count). The molecule has 10 N–H and O–H groups in total. The molecule has 26 heteroatoms. The van der Waals surface area contributed by atoms with Gasteiger partial charge in [-0.05, 0) is 224 Å². The number of carboxylic acid groups (broad SMARTS) is 2. The number of carbonyl (C=O) groups excluding carboxylic acids is 9. The lowest BCUT2D eigenvalue weighted by Gasteiger charge is -2.27. The third kappa shape index (κ3) is 32.1. The van der Waals surface area contributed by atoms with Crippen molar-refractivity contribution in [2.45, 2.75) is 272 Å². The minimum atomic E-state index is -0.898. The number of ketones is 4. The molecule has 0 bridgehead atoms. The van der Waals surface area contributed by atoms with Gasteiger partial charge in [-0.1, -0.05) is 90.0 Å². The molecule has 0 aromatic heterocycles. The summed E-state index contributed by atoms with van der Waals surface area (Å²) < 4.78 is 24.6. The molecule has 0 radical (unpaired) electrons. The van der Waals surface area contributed by atoms with Crippen molar-refractivity contribution in [1.29, 1.82) is 0 Å². The first-order chi connectivity index (χ1) is 54.0. The Morgan fingerprint density at radius 3 is 0.956 bits per heavy atom. The maximum atomic E-state index is 11.6. The summed E-state index contributed by atoms with van der Waals surface area (Å²) in [6.07, 6.45) is 6.87. The van der Waals surface area contributed by atoms with Gasteiger partial charge in [0.15, 0.2) is 0 Å². The Morgan fingerprint density at radius 2 is 0.614 bits per heavy atom. The maximum absolute atomic E-state index is 11.6. The van der Waals surface area contributed by atoms with Crippen molar-refractivity contribution in [2.24, 2.45) is 71.0 Å². The third-order valence-corrected chi connectivity index (χ3v) is 23.0. The zero-order valence-electron chi connectivity index (χ0n) is 68.6. The van der Waals surface area contributed by atoms with Crippen LogP contribution in [0.25, 0.3) is 0 Å². The molecule has 0 aliphatic heterocycles. The fourth-order valence-electron chi connectivity index (χ4n) is 17.8. The van der Waals surface area contributed by atoms with Gasteiger partial charge in [-0.15, -0.1) is 0 Å². The Morgan fingerprint density at radius 1 is 0.333 bits per heavy atom. The number of aliphatic hydroxyl groups excluding tert-OH is 8. The van der Waals surface area contributed by atoms with Gasteiger partial charge >= 0.3 is 41.8 Å². The van der Waals surface area contributed by atoms with Crippen molar-refractivity contribution < 1.29 is 127 Å². The molecule has 7 saturated carbocycles. The highest BCUT2D eigenvalue weighted by atomic mass is 16.5. The van der Waals surface area contributed by atoms with E-state index in [-0.39, 0.29) is 150 Å². The highest BCUT2D eigenvalue weighted by Crippen LogP contribution is 2.46. The van der Waals surface area contributed by atoms with Gasteiger partial charge < -0.3 is 84.3 Å². The molecule has 3 aromatic carbocycles. The summed E-state index contributed by atoms with van der Waals surface area (Å²) in [6, 6.07) is 25.6. The smallest absolute Gasteiger partial charge is 0.311 e. The predicted octanol–water partition coefficient (Wildman–Crippen LogP) is 10.4. The van der Waals surface area contributed by atoms with Crippen molar-refractivity contribution in [3.8, 4) is 0 Å². The monoisotopic (exact) mass is 1600 g/mol. The van der Waals surface area contributed by atoms with Crippen molar-refractivity contribution in [2.75, 3.05) is 33.0 Å². The minimum Gasteiger partial charge on any atom is -0.481 e. The molecule has 114 heavy (non-hydrogen) atoms. The highest BCUT2D eigenvalue weighted by Gasteiger charge is 2.46. The molecule has 0 heterocycles. The van der Waals surface area contributed by atoms with E-state index in [9.17, 15) is 93.6 Å². The molecular formula is C88H130O26. The molecule has 22 atom stereocenters. The molecule has 0 amide bonds. The van der Waals surface area contributed by atoms with Crippen LogP contribution in [0.4, 0.5) is 0 Å². The maximum Gasteiger partial charge on any atom is 0.311 e. The second-order valence-corrected chi connectivity index (χ2v) is 31.5. The molecule has 0 spiro atoms. The van der Waals surface area contributed by atoms with Crippen molar-refractivity contribution in [3.05, 3.63) is 107 Å². The Kier molecular flexibility index (Phi) is 43.9. The molecule has 638 valence electrons. The Bertz CT molecular complexity index is 3420. The predicted molar refractivity (Wildman–Crippen MR) is 421 cm³/mol. The molecule has 7 aliphatic carbocycles. The number of ether oxygens (including phenoxy) is 5. The Balaban J connectivity index is 0.000000281. The lowest BCUT2D eigenvalue weighted by Crippen LogP contribution is -2.30. The molecule has 7 fully saturated rings. The first kappa shape index (κ1) is 98.7. The van der Waals surface area contributed by atoms with E-state index in [0.29, 0.717) is 97.2 Å². The van der Waals surface area contributed by atoms with Gasteiger partial charge in [0, 0.05) is 74.5 Å².